The Hall–Kier alpha value is -4.53. The molecule has 11 heteroatoms. The molecule has 0 unspecified atom stereocenters. The van der Waals surface area contributed by atoms with Gasteiger partial charge in [-0.25, -0.2) is 0 Å². The lowest BCUT2D eigenvalue weighted by molar-refractivity contribution is -0.193. The van der Waals surface area contributed by atoms with Crippen molar-refractivity contribution in [2.24, 2.45) is 11.8 Å². The van der Waals surface area contributed by atoms with Crippen LogP contribution in [0.25, 0.3) is 16.7 Å². The molecule has 4 N–H and O–H groups in total. The number of benzene rings is 4. The van der Waals surface area contributed by atoms with E-state index >= 15 is 0 Å². The predicted octanol–water partition coefficient (Wildman–Crippen LogP) is 12.3. The van der Waals surface area contributed by atoms with E-state index in [2.05, 4.69) is 91.3 Å². The third-order valence-corrected chi connectivity index (χ3v) is 14.4. The van der Waals surface area contributed by atoms with E-state index < -0.39 is 0 Å². The first kappa shape index (κ1) is 53.1. The van der Waals surface area contributed by atoms with Crippen molar-refractivity contribution >= 4 is 81.3 Å². The van der Waals surface area contributed by atoms with E-state index in [4.69, 9.17) is 40.0 Å². The van der Waals surface area contributed by atoms with Crippen LogP contribution in [-0.4, -0.2) is 30.6 Å². The van der Waals surface area contributed by atoms with E-state index in [0.29, 0.717) is 5.92 Å². The molecule has 4 aromatic rings. The van der Waals surface area contributed by atoms with Gasteiger partial charge in [0.05, 0.1) is 11.2 Å². The van der Waals surface area contributed by atoms with Crippen molar-refractivity contribution in [2.45, 2.75) is 144 Å². The van der Waals surface area contributed by atoms with Crippen molar-refractivity contribution in [1.82, 2.24) is 0 Å². The van der Waals surface area contributed by atoms with E-state index in [-0.39, 0.29) is 43.0 Å². The minimum Gasteiger partial charge on any atom is -0.399 e. The van der Waals surface area contributed by atoms with Crippen LogP contribution in [0.2, 0.25) is 0 Å². The van der Waals surface area contributed by atoms with Gasteiger partial charge in [-0.2, -0.15) is 19.2 Å². The van der Waals surface area contributed by atoms with Crippen LogP contribution in [0, 0.1) is 39.5 Å². The molecule has 65 heavy (non-hydrogen) atoms. The molecule has 9 rings (SSSR count). The molecule has 0 spiro atoms. The van der Waals surface area contributed by atoms with Crippen molar-refractivity contribution in [3.8, 4) is 0 Å². The lowest BCUT2D eigenvalue weighted by Crippen LogP contribution is -2.41. The summed E-state index contributed by atoms with van der Waals surface area (Å²) in [4.78, 5) is 32.5. The number of halogens is 2. The van der Waals surface area contributed by atoms with Crippen LogP contribution in [0.1, 0.15) is 142 Å². The summed E-state index contributed by atoms with van der Waals surface area (Å²) in [6.07, 6.45) is 16.5. The van der Waals surface area contributed by atoms with E-state index in [1.54, 1.807) is 11.1 Å². The zero-order valence-corrected chi connectivity index (χ0v) is 41.9. The lowest BCUT2D eigenvalue weighted by Gasteiger charge is -2.32. The second-order valence-electron chi connectivity index (χ2n) is 19.0. The Kier molecular flexibility index (Phi) is 19.4. The second-order valence-corrected chi connectivity index (χ2v) is 20.0. The third-order valence-electron chi connectivity index (χ3n) is 13.7. The Bertz CT molecular complexity index is 2390. The summed E-state index contributed by atoms with van der Waals surface area (Å²) < 4.78 is 13.4. The Balaban J connectivity index is 0.000000203. The predicted molar refractivity (Wildman–Crippen MR) is 270 cm³/mol. The number of nitrogens with two attached hydrogens (primary N) is 2. The highest BCUT2D eigenvalue weighted by molar-refractivity contribution is 9.11. The quantitative estimate of drug-likeness (QED) is 0.152. The van der Waals surface area contributed by atoms with Crippen molar-refractivity contribution in [3.63, 3.8) is 0 Å². The first-order chi connectivity index (χ1) is 30.4. The van der Waals surface area contributed by atoms with Gasteiger partial charge in [0.25, 0.3) is 0 Å². The van der Waals surface area contributed by atoms with Gasteiger partial charge in [0.1, 0.15) is 0 Å². The molecular weight excluding hydrogens is 899 g/mol. The van der Waals surface area contributed by atoms with Gasteiger partial charge in [-0.05, 0) is 162 Å². The maximum atomic E-state index is 8.12. The molecular formula is C54H67BBrClN2O6. The van der Waals surface area contributed by atoms with E-state index in [1.165, 1.54) is 119 Å². The number of hydrogen-bond donors (Lipinski definition) is 2. The highest BCUT2D eigenvalue weighted by atomic mass is 79.9. The molecule has 4 aromatic carbocycles. The first-order valence-corrected chi connectivity index (χ1v) is 23.6. The average molecular weight is 966 g/mol. The lowest BCUT2D eigenvalue weighted by atomic mass is 9.77. The van der Waals surface area contributed by atoms with Crippen LogP contribution >= 0.6 is 28.3 Å². The minimum absolute atomic E-state index is 0. The molecule has 1 saturated heterocycles. The molecule has 3 fully saturated rings. The molecule has 2 saturated carbocycles. The van der Waals surface area contributed by atoms with Crippen molar-refractivity contribution in [3.05, 3.63) is 127 Å². The SMILES string of the molecule is Cc1ccc(B2OC(C)(C)C(C)(C)O2)c(N)c1.Cc1ccc(C2=C(C3CCCCC3)c3ccc(C)cc3C2)c(N)c1.Cc1ccc2c(c1)CC(Br)=C2C1CCCCC1.Cl.O=C=O.O=C=O. The summed E-state index contributed by atoms with van der Waals surface area (Å²) in [7, 11) is -0.374. The van der Waals surface area contributed by atoms with Crippen LogP contribution in [0.15, 0.2) is 77.3 Å². The Morgan fingerprint density at radius 3 is 1.40 bits per heavy atom. The van der Waals surface area contributed by atoms with Crippen LogP contribution in [0.4, 0.5) is 11.4 Å². The highest BCUT2D eigenvalue weighted by Gasteiger charge is 2.52. The monoisotopic (exact) mass is 964 g/mol. The van der Waals surface area contributed by atoms with E-state index in [1.807, 2.05) is 52.8 Å². The number of rotatable bonds is 4. The normalized spacial score (nSPS) is 18.1. The standard InChI is InChI=1S/C23H27N.C16H19Br.C13H20BNO2.2CO2.ClH/c1-15-8-10-19-18(12-15)14-21(20-11-9-16(2)13-22(20)24)23(19)17-6-4-3-5-7-17;1-11-7-8-14-13(9-11)10-15(17)16(14)12-5-3-2-4-6-12;1-9-6-7-10(11(15)8-9)14-16-12(2,3)13(4,5)17-14;2*2-1-3;/h8-13,17H,3-7,14,24H2,1-2H3;7-9,12H,2-6,10H2,1H3;6-8H,15H2,1-5H3;;;1H. The maximum absolute atomic E-state index is 8.12. The molecule has 0 amide bonds. The van der Waals surface area contributed by atoms with Crippen LogP contribution in [-0.2, 0) is 41.3 Å². The van der Waals surface area contributed by atoms with Crippen molar-refractivity contribution < 1.29 is 28.5 Å². The maximum Gasteiger partial charge on any atom is 0.496 e. The molecule has 1 heterocycles. The van der Waals surface area contributed by atoms with Crippen molar-refractivity contribution in [1.29, 1.82) is 0 Å². The van der Waals surface area contributed by atoms with Gasteiger partial charge in [-0.1, -0.05) is 126 Å². The van der Waals surface area contributed by atoms with Gasteiger partial charge in [0.15, 0.2) is 0 Å². The summed E-state index contributed by atoms with van der Waals surface area (Å²) >= 11 is 3.83. The first-order valence-electron chi connectivity index (χ1n) is 22.8. The Labute approximate surface area is 402 Å². The minimum atomic E-state index is -0.374. The van der Waals surface area contributed by atoms with E-state index in [0.717, 1.165) is 41.2 Å². The highest BCUT2D eigenvalue weighted by Crippen LogP contribution is 2.48. The third kappa shape index (κ3) is 13.1. The molecule has 346 valence electrons. The van der Waals surface area contributed by atoms with Gasteiger partial charge in [0, 0.05) is 33.3 Å². The van der Waals surface area contributed by atoms with Gasteiger partial charge < -0.3 is 20.8 Å². The van der Waals surface area contributed by atoms with Crippen LogP contribution in [0.5, 0.6) is 0 Å². The number of hydrogen-bond acceptors (Lipinski definition) is 8. The molecule has 5 aliphatic rings. The molecule has 1 aliphatic heterocycles. The number of aryl methyl sites for hydroxylation is 4. The molecule has 0 radical (unpaired) electrons. The van der Waals surface area contributed by atoms with Gasteiger partial charge >= 0.3 is 19.4 Å². The number of allylic oxidation sites excluding steroid dienone is 4. The number of fused-ring (bicyclic) bond motifs is 2. The summed E-state index contributed by atoms with van der Waals surface area (Å²) in [5, 5.41) is 0. The fourth-order valence-corrected chi connectivity index (χ4v) is 10.7. The summed E-state index contributed by atoms with van der Waals surface area (Å²) in [5.74, 6) is 1.51. The number of anilines is 2. The zero-order chi connectivity index (χ0) is 46.8. The summed E-state index contributed by atoms with van der Waals surface area (Å²) in [6, 6.07) is 26.4. The fourth-order valence-electron chi connectivity index (χ4n) is 9.89. The smallest absolute Gasteiger partial charge is 0.399 e. The fraction of sp³-hybridized carbons (Fsp3) is 0.444. The second kappa shape index (κ2) is 23.8. The zero-order valence-electron chi connectivity index (χ0n) is 39.5. The van der Waals surface area contributed by atoms with Crippen LogP contribution in [0.3, 0.4) is 0 Å². The average Bonchev–Trinajstić information content (AvgIpc) is 3.85. The number of carbonyl (C=O) groups excluding carboxylic acids is 4. The van der Waals surface area contributed by atoms with Gasteiger partial charge in [0.2, 0.25) is 0 Å². The molecule has 0 aromatic heterocycles. The van der Waals surface area contributed by atoms with Gasteiger partial charge in [-0.3, -0.25) is 0 Å². The van der Waals surface area contributed by atoms with E-state index in [9.17, 15) is 0 Å². The van der Waals surface area contributed by atoms with Crippen LogP contribution < -0.4 is 16.9 Å². The number of nitrogen functional groups attached to an aromatic ring is 2. The Morgan fingerprint density at radius 2 is 0.938 bits per heavy atom. The summed E-state index contributed by atoms with van der Waals surface area (Å²) in [5.41, 5.74) is 31.5. The molecule has 0 bridgehead atoms. The topological polar surface area (TPSA) is 139 Å². The van der Waals surface area contributed by atoms with Crippen molar-refractivity contribution in [2.75, 3.05) is 11.5 Å². The summed E-state index contributed by atoms with van der Waals surface area (Å²) in [6.45, 7) is 16.7. The van der Waals surface area contributed by atoms with Gasteiger partial charge in [-0.15, -0.1) is 12.4 Å². The largest absolute Gasteiger partial charge is 0.496 e. The molecule has 0 atom stereocenters. The molecule has 4 aliphatic carbocycles. The molecule has 8 nitrogen and oxygen atoms in total. The Morgan fingerprint density at radius 1 is 0.554 bits per heavy atom.